The molecule has 11 heteroatoms. The van der Waals surface area contributed by atoms with Gasteiger partial charge in [0.2, 0.25) is 17.8 Å². The molecule has 0 amide bonds. The van der Waals surface area contributed by atoms with E-state index in [0.717, 1.165) is 67.6 Å². The van der Waals surface area contributed by atoms with E-state index >= 15 is 0 Å². The predicted molar refractivity (Wildman–Crippen MR) is 161 cm³/mol. The van der Waals surface area contributed by atoms with Gasteiger partial charge in [-0.2, -0.15) is 20.1 Å². The molecule has 2 aliphatic heterocycles. The number of hydrogen-bond acceptors (Lipinski definition) is 10. The van der Waals surface area contributed by atoms with Crippen LogP contribution in [0.25, 0.3) is 0 Å². The number of hydrazone groups is 1. The van der Waals surface area contributed by atoms with E-state index in [-0.39, 0.29) is 0 Å². The number of ether oxygens (including phenoxy) is 3. The first kappa shape index (κ1) is 27.9. The van der Waals surface area contributed by atoms with Crippen molar-refractivity contribution >= 4 is 40.0 Å². The minimum atomic E-state index is 0.375. The van der Waals surface area contributed by atoms with Gasteiger partial charge in [0, 0.05) is 26.2 Å². The molecule has 2 aliphatic rings. The summed E-state index contributed by atoms with van der Waals surface area (Å²) < 4.78 is 18.5. The van der Waals surface area contributed by atoms with Crippen molar-refractivity contribution in [2.75, 3.05) is 61.2 Å². The fraction of sp³-hybridized carbons (Fsp3) is 0.448. The molecule has 0 aliphatic carbocycles. The lowest BCUT2D eigenvalue weighted by Crippen LogP contribution is -2.25. The molecule has 2 saturated heterocycles. The number of nitrogens with zero attached hydrogens (tertiary/aromatic N) is 6. The number of aryl methyl sites for hydroxylation is 1. The van der Waals surface area contributed by atoms with Crippen LogP contribution in [0.3, 0.4) is 0 Å². The molecule has 2 fully saturated rings. The van der Waals surface area contributed by atoms with E-state index in [0.29, 0.717) is 49.2 Å². The van der Waals surface area contributed by atoms with Gasteiger partial charge in [-0.1, -0.05) is 17.7 Å². The Kier molecular flexibility index (Phi) is 9.54. The number of hydrogen-bond donors (Lipinski definition) is 1. The average molecular weight is 611 g/mol. The van der Waals surface area contributed by atoms with Gasteiger partial charge in [-0.25, -0.2) is 5.43 Å². The second kappa shape index (κ2) is 13.6. The number of halogens is 1. The van der Waals surface area contributed by atoms with Gasteiger partial charge >= 0.3 is 0 Å². The molecular formula is C29H36BrN7O3. The minimum Gasteiger partial charge on any atom is -0.490 e. The lowest BCUT2D eigenvalue weighted by Gasteiger charge is -2.20. The summed E-state index contributed by atoms with van der Waals surface area (Å²) in [5.74, 6) is 3.93. The van der Waals surface area contributed by atoms with Crippen molar-refractivity contribution in [3.63, 3.8) is 0 Å². The molecule has 0 bridgehead atoms. The van der Waals surface area contributed by atoms with Gasteiger partial charge in [0.25, 0.3) is 0 Å². The first-order valence-electron chi connectivity index (χ1n) is 13.9. The summed E-state index contributed by atoms with van der Waals surface area (Å²) in [5.41, 5.74) is 5.04. The molecule has 212 valence electrons. The van der Waals surface area contributed by atoms with Gasteiger partial charge in [0.1, 0.15) is 19.0 Å². The van der Waals surface area contributed by atoms with Crippen molar-refractivity contribution in [3.05, 3.63) is 52.0 Å². The standard InChI is InChI=1S/C29H36BrN7O3/c1-3-38-25-19-22(18-24(30)26(25)40-17-16-39-23-10-8-21(2)9-11-23)20-31-35-27-32-28(36-12-4-5-13-36)34-29(33-27)37-14-6-7-15-37/h8-11,18-20H,3-7,12-17H2,1-2H3,(H,32,33,34,35). The highest BCUT2D eigenvalue weighted by Crippen LogP contribution is 2.36. The summed E-state index contributed by atoms with van der Waals surface area (Å²) in [7, 11) is 0. The topological polar surface area (TPSA) is 97.2 Å². The van der Waals surface area contributed by atoms with E-state index in [1.54, 1.807) is 6.21 Å². The summed E-state index contributed by atoms with van der Waals surface area (Å²) in [6.07, 6.45) is 6.33. The lowest BCUT2D eigenvalue weighted by molar-refractivity contribution is 0.207. The quantitative estimate of drug-likeness (QED) is 0.163. The highest BCUT2D eigenvalue weighted by molar-refractivity contribution is 9.10. The van der Waals surface area contributed by atoms with Gasteiger partial charge in [-0.15, -0.1) is 0 Å². The van der Waals surface area contributed by atoms with Crippen molar-refractivity contribution in [3.8, 4) is 17.2 Å². The van der Waals surface area contributed by atoms with Crippen LogP contribution in [0.2, 0.25) is 0 Å². The summed E-state index contributed by atoms with van der Waals surface area (Å²) in [6, 6.07) is 11.8. The van der Waals surface area contributed by atoms with Crippen LogP contribution in [0.1, 0.15) is 43.7 Å². The summed E-state index contributed by atoms with van der Waals surface area (Å²) in [6.45, 7) is 9.15. The Hall–Kier alpha value is -3.60. The highest BCUT2D eigenvalue weighted by atomic mass is 79.9. The van der Waals surface area contributed by atoms with Crippen LogP contribution in [-0.4, -0.2) is 67.2 Å². The van der Waals surface area contributed by atoms with Crippen molar-refractivity contribution in [1.29, 1.82) is 0 Å². The van der Waals surface area contributed by atoms with E-state index < -0.39 is 0 Å². The monoisotopic (exact) mass is 609 g/mol. The van der Waals surface area contributed by atoms with Gasteiger partial charge < -0.3 is 24.0 Å². The fourth-order valence-corrected chi connectivity index (χ4v) is 5.26. The second-order valence-electron chi connectivity index (χ2n) is 9.79. The van der Waals surface area contributed by atoms with E-state index in [1.165, 1.54) is 5.56 Å². The predicted octanol–water partition coefficient (Wildman–Crippen LogP) is 5.45. The number of aromatic nitrogens is 3. The maximum Gasteiger partial charge on any atom is 0.250 e. The molecule has 3 heterocycles. The van der Waals surface area contributed by atoms with Crippen molar-refractivity contribution in [2.45, 2.75) is 39.5 Å². The SMILES string of the molecule is CCOc1cc(C=NNc2nc(N3CCCC3)nc(N3CCCC3)n2)cc(Br)c1OCCOc1ccc(C)cc1. The number of rotatable bonds is 12. The summed E-state index contributed by atoms with van der Waals surface area (Å²) >= 11 is 3.63. The smallest absolute Gasteiger partial charge is 0.250 e. The molecule has 3 aromatic rings. The molecule has 0 radical (unpaired) electrons. The zero-order valence-electron chi connectivity index (χ0n) is 23.1. The van der Waals surface area contributed by atoms with Crippen LogP contribution in [0.5, 0.6) is 17.2 Å². The normalized spacial score (nSPS) is 15.2. The van der Waals surface area contributed by atoms with Gasteiger partial charge in [-0.3, -0.25) is 0 Å². The van der Waals surface area contributed by atoms with Crippen LogP contribution in [0, 0.1) is 6.92 Å². The number of nitrogens with one attached hydrogen (secondary N) is 1. The van der Waals surface area contributed by atoms with E-state index in [9.17, 15) is 0 Å². The molecular weight excluding hydrogens is 574 g/mol. The maximum absolute atomic E-state index is 6.03. The van der Waals surface area contributed by atoms with Gasteiger partial charge in [0.15, 0.2) is 11.5 Å². The Labute approximate surface area is 243 Å². The van der Waals surface area contributed by atoms with E-state index in [2.05, 4.69) is 46.2 Å². The number of anilines is 3. The molecule has 0 spiro atoms. The second-order valence-corrected chi connectivity index (χ2v) is 10.6. The van der Waals surface area contributed by atoms with E-state index in [1.807, 2.05) is 50.2 Å². The summed E-state index contributed by atoms with van der Waals surface area (Å²) in [4.78, 5) is 18.5. The number of benzene rings is 2. The lowest BCUT2D eigenvalue weighted by atomic mass is 10.2. The molecule has 1 aromatic heterocycles. The maximum atomic E-state index is 6.03. The van der Waals surface area contributed by atoms with Crippen LogP contribution in [-0.2, 0) is 0 Å². The summed E-state index contributed by atoms with van der Waals surface area (Å²) in [5, 5.41) is 4.43. The Balaban J connectivity index is 1.25. The van der Waals surface area contributed by atoms with Gasteiger partial charge in [-0.05, 0) is 85.3 Å². The third kappa shape index (κ3) is 7.32. The molecule has 40 heavy (non-hydrogen) atoms. The van der Waals surface area contributed by atoms with Crippen LogP contribution in [0.4, 0.5) is 17.8 Å². The average Bonchev–Trinajstić information content (AvgIpc) is 3.69. The zero-order valence-corrected chi connectivity index (χ0v) is 24.7. The third-order valence-corrected chi connectivity index (χ3v) is 7.31. The molecule has 10 nitrogen and oxygen atoms in total. The highest BCUT2D eigenvalue weighted by Gasteiger charge is 2.21. The Morgan fingerprint density at radius 3 is 2.12 bits per heavy atom. The first-order valence-corrected chi connectivity index (χ1v) is 14.7. The third-order valence-electron chi connectivity index (χ3n) is 6.72. The fourth-order valence-electron chi connectivity index (χ4n) is 4.69. The van der Waals surface area contributed by atoms with Crippen LogP contribution in [0.15, 0.2) is 46.0 Å². The molecule has 5 rings (SSSR count). The van der Waals surface area contributed by atoms with Crippen LogP contribution < -0.4 is 29.4 Å². The zero-order chi connectivity index (χ0) is 27.7. The van der Waals surface area contributed by atoms with Crippen molar-refractivity contribution < 1.29 is 14.2 Å². The van der Waals surface area contributed by atoms with Gasteiger partial charge in [0.05, 0.1) is 17.3 Å². The van der Waals surface area contributed by atoms with Crippen molar-refractivity contribution in [2.24, 2.45) is 5.10 Å². The minimum absolute atomic E-state index is 0.375. The van der Waals surface area contributed by atoms with Crippen LogP contribution >= 0.6 is 15.9 Å². The largest absolute Gasteiger partial charge is 0.490 e. The molecule has 1 N–H and O–H groups in total. The molecule has 0 atom stereocenters. The van der Waals surface area contributed by atoms with E-state index in [4.69, 9.17) is 19.2 Å². The molecule has 0 saturated carbocycles. The molecule has 2 aromatic carbocycles. The Morgan fingerprint density at radius 1 is 0.875 bits per heavy atom. The Bertz CT molecular complexity index is 1260. The molecule has 0 unspecified atom stereocenters. The van der Waals surface area contributed by atoms with Crippen molar-refractivity contribution in [1.82, 2.24) is 15.0 Å². The Morgan fingerprint density at radius 2 is 1.50 bits per heavy atom. The first-order chi connectivity index (χ1) is 19.6.